The Morgan fingerprint density at radius 3 is 2.70 bits per heavy atom. The molecular weight excluding hydrogens is 258 g/mol. The van der Waals surface area contributed by atoms with Crippen LogP contribution in [-0.4, -0.2) is 27.6 Å². The first-order valence-corrected chi connectivity index (χ1v) is 6.73. The monoisotopic (exact) mass is 277 g/mol. The molecule has 0 atom stereocenters. The highest BCUT2D eigenvalue weighted by atomic mass is 16.4. The molecule has 2 amide bonds. The summed E-state index contributed by atoms with van der Waals surface area (Å²) < 4.78 is 0. The molecule has 0 radical (unpaired) electrons. The zero-order valence-corrected chi connectivity index (χ0v) is 11.5. The van der Waals surface area contributed by atoms with E-state index < -0.39 is 11.5 Å². The molecule has 0 saturated heterocycles. The lowest BCUT2D eigenvalue weighted by molar-refractivity contribution is -0.138. The molecule has 20 heavy (non-hydrogen) atoms. The fraction of sp³-hybridized carbons (Fsp3) is 0.500. The number of pyridine rings is 1. The van der Waals surface area contributed by atoms with E-state index in [0.29, 0.717) is 18.5 Å². The molecular formula is C14H19N3O3. The second-order valence-corrected chi connectivity index (χ2v) is 5.27. The van der Waals surface area contributed by atoms with Crippen LogP contribution in [0.5, 0.6) is 0 Å². The maximum absolute atomic E-state index is 12.1. The largest absolute Gasteiger partial charge is 0.481 e. The summed E-state index contributed by atoms with van der Waals surface area (Å²) in [6.07, 6.45) is 4.92. The van der Waals surface area contributed by atoms with Gasteiger partial charge in [-0.1, -0.05) is 12.8 Å². The fourth-order valence-corrected chi connectivity index (χ4v) is 2.70. The van der Waals surface area contributed by atoms with Crippen LogP contribution in [0, 0.1) is 6.92 Å². The maximum atomic E-state index is 12.1. The molecule has 6 nitrogen and oxygen atoms in total. The highest BCUT2D eigenvalue weighted by Gasteiger charge is 2.37. The molecule has 0 aliphatic heterocycles. The van der Waals surface area contributed by atoms with Gasteiger partial charge in [-0.3, -0.25) is 9.78 Å². The highest BCUT2D eigenvalue weighted by molar-refractivity contribution is 5.90. The lowest BCUT2D eigenvalue weighted by Gasteiger charge is -2.28. The van der Waals surface area contributed by atoms with Crippen LogP contribution in [0.25, 0.3) is 0 Å². The van der Waals surface area contributed by atoms with Crippen LogP contribution < -0.4 is 10.6 Å². The molecule has 1 aliphatic rings. The van der Waals surface area contributed by atoms with Gasteiger partial charge in [0.15, 0.2) is 0 Å². The number of nitrogens with one attached hydrogen (secondary N) is 2. The van der Waals surface area contributed by atoms with Crippen LogP contribution in [0.1, 0.15) is 37.8 Å². The minimum Gasteiger partial charge on any atom is -0.481 e. The van der Waals surface area contributed by atoms with Crippen molar-refractivity contribution in [3.05, 3.63) is 24.0 Å². The van der Waals surface area contributed by atoms with Crippen LogP contribution in [-0.2, 0) is 4.79 Å². The number of rotatable bonds is 4. The van der Waals surface area contributed by atoms with E-state index in [4.69, 9.17) is 5.11 Å². The van der Waals surface area contributed by atoms with Gasteiger partial charge < -0.3 is 15.7 Å². The normalized spacial score (nSPS) is 16.6. The summed E-state index contributed by atoms with van der Waals surface area (Å²) in [6, 6.07) is 3.13. The second-order valence-electron chi connectivity index (χ2n) is 5.27. The Labute approximate surface area is 117 Å². The third-order valence-electron chi connectivity index (χ3n) is 3.68. The molecule has 3 N–H and O–H groups in total. The number of anilines is 1. The van der Waals surface area contributed by atoms with Gasteiger partial charge in [0, 0.05) is 6.20 Å². The maximum Gasteiger partial charge on any atom is 0.319 e. The SMILES string of the molecule is Cc1ncccc1NC(=O)NC1(CC(=O)O)CCCC1. The molecule has 1 aromatic rings. The molecule has 1 fully saturated rings. The zero-order valence-electron chi connectivity index (χ0n) is 11.5. The van der Waals surface area contributed by atoms with E-state index in [9.17, 15) is 9.59 Å². The number of carbonyl (C=O) groups is 2. The number of aryl methyl sites for hydroxylation is 1. The summed E-state index contributed by atoms with van der Waals surface area (Å²) in [7, 11) is 0. The quantitative estimate of drug-likeness (QED) is 0.787. The van der Waals surface area contributed by atoms with Gasteiger partial charge in [0.05, 0.1) is 23.3 Å². The Morgan fingerprint density at radius 2 is 2.10 bits per heavy atom. The first-order valence-electron chi connectivity index (χ1n) is 6.73. The molecule has 0 spiro atoms. The minimum absolute atomic E-state index is 0.0353. The first-order chi connectivity index (χ1) is 9.51. The average molecular weight is 277 g/mol. The van der Waals surface area contributed by atoms with Crippen LogP contribution in [0.15, 0.2) is 18.3 Å². The van der Waals surface area contributed by atoms with Crippen molar-refractivity contribution in [2.45, 2.75) is 44.6 Å². The van der Waals surface area contributed by atoms with Gasteiger partial charge in [0.25, 0.3) is 0 Å². The van der Waals surface area contributed by atoms with Crippen LogP contribution in [0.2, 0.25) is 0 Å². The summed E-state index contributed by atoms with van der Waals surface area (Å²) in [5.74, 6) is -0.884. The number of carboxylic acids is 1. The van der Waals surface area contributed by atoms with E-state index in [0.717, 1.165) is 18.5 Å². The third kappa shape index (κ3) is 3.46. The van der Waals surface area contributed by atoms with Gasteiger partial charge in [-0.15, -0.1) is 0 Å². The molecule has 1 saturated carbocycles. The van der Waals surface area contributed by atoms with E-state index in [-0.39, 0.29) is 12.5 Å². The number of urea groups is 1. The summed E-state index contributed by atoms with van der Waals surface area (Å²) in [5.41, 5.74) is 0.737. The Hall–Kier alpha value is -2.11. The number of aromatic nitrogens is 1. The van der Waals surface area contributed by atoms with Crippen molar-refractivity contribution in [3.63, 3.8) is 0 Å². The van der Waals surface area contributed by atoms with Crippen LogP contribution in [0.4, 0.5) is 10.5 Å². The Kier molecular flexibility index (Phi) is 4.22. The lowest BCUT2D eigenvalue weighted by atomic mass is 9.93. The number of hydrogen-bond acceptors (Lipinski definition) is 3. The number of carboxylic acid groups (broad SMARTS) is 1. The van der Waals surface area contributed by atoms with Gasteiger partial charge in [-0.25, -0.2) is 4.79 Å². The van der Waals surface area contributed by atoms with Gasteiger partial charge in [-0.05, 0) is 31.9 Å². The standard InChI is InChI=1S/C14H19N3O3/c1-10-11(5-4-8-15-10)16-13(20)17-14(9-12(18)19)6-2-3-7-14/h4-5,8H,2-3,6-7,9H2,1H3,(H,18,19)(H2,16,17,20). The van der Waals surface area contributed by atoms with Crippen molar-refractivity contribution < 1.29 is 14.7 Å². The third-order valence-corrected chi connectivity index (χ3v) is 3.68. The van der Waals surface area contributed by atoms with Gasteiger partial charge >= 0.3 is 12.0 Å². The summed E-state index contributed by atoms with van der Waals surface area (Å²) in [6.45, 7) is 1.80. The molecule has 1 aromatic heterocycles. The summed E-state index contributed by atoms with van der Waals surface area (Å²) in [5, 5.41) is 14.6. The predicted octanol–water partition coefficient (Wildman–Crippen LogP) is 2.30. The molecule has 0 aromatic carbocycles. The summed E-state index contributed by atoms with van der Waals surface area (Å²) in [4.78, 5) is 27.1. The first kappa shape index (κ1) is 14.3. The zero-order chi connectivity index (χ0) is 14.6. The Balaban J connectivity index is 2.02. The lowest BCUT2D eigenvalue weighted by Crippen LogP contribution is -2.49. The molecule has 0 bridgehead atoms. The van der Waals surface area contributed by atoms with Crippen molar-refractivity contribution in [2.24, 2.45) is 0 Å². The number of aliphatic carboxylic acids is 1. The van der Waals surface area contributed by atoms with Crippen molar-refractivity contribution in [3.8, 4) is 0 Å². The number of carbonyl (C=O) groups excluding carboxylic acids is 1. The molecule has 1 heterocycles. The number of amides is 2. The van der Waals surface area contributed by atoms with Crippen LogP contribution in [0.3, 0.4) is 0 Å². The number of hydrogen-bond donors (Lipinski definition) is 3. The number of nitrogens with zero attached hydrogens (tertiary/aromatic N) is 1. The predicted molar refractivity (Wildman–Crippen MR) is 74.6 cm³/mol. The summed E-state index contributed by atoms with van der Waals surface area (Å²) >= 11 is 0. The molecule has 6 heteroatoms. The van der Waals surface area contributed by atoms with Crippen molar-refractivity contribution in [1.29, 1.82) is 0 Å². The van der Waals surface area contributed by atoms with E-state index in [1.54, 1.807) is 25.3 Å². The van der Waals surface area contributed by atoms with Gasteiger partial charge in [0.2, 0.25) is 0 Å². The van der Waals surface area contributed by atoms with E-state index in [2.05, 4.69) is 15.6 Å². The molecule has 108 valence electrons. The van der Waals surface area contributed by atoms with E-state index >= 15 is 0 Å². The van der Waals surface area contributed by atoms with Crippen molar-refractivity contribution >= 4 is 17.7 Å². The van der Waals surface area contributed by atoms with Gasteiger partial charge in [-0.2, -0.15) is 0 Å². The smallest absolute Gasteiger partial charge is 0.319 e. The van der Waals surface area contributed by atoms with Crippen molar-refractivity contribution in [2.75, 3.05) is 5.32 Å². The Bertz CT molecular complexity index is 510. The second kappa shape index (κ2) is 5.90. The topological polar surface area (TPSA) is 91.3 Å². The average Bonchev–Trinajstić information content (AvgIpc) is 2.79. The van der Waals surface area contributed by atoms with Crippen LogP contribution >= 0.6 is 0 Å². The molecule has 0 unspecified atom stereocenters. The molecule has 1 aliphatic carbocycles. The minimum atomic E-state index is -0.884. The highest BCUT2D eigenvalue weighted by Crippen LogP contribution is 2.32. The fourth-order valence-electron chi connectivity index (χ4n) is 2.70. The van der Waals surface area contributed by atoms with Gasteiger partial charge in [0.1, 0.15) is 0 Å². The van der Waals surface area contributed by atoms with Crippen molar-refractivity contribution in [1.82, 2.24) is 10.3 Å². The Morgan fingerprint density at radius 1 is 1.40 bits per heavy atom. The molecule has 2 rings (SSSR count). The van der Waals surface area contributed by atoms with E-state index in [1.807, 2.05) is 0 Å². The van der Waals surface area contributed by atoms with E-state index in [1.165, 1.54) is 0 Å².